The number of carbonyl (C=O) groups is 2. The molecule has 25 heavy (non-hydrogen) atoms. The highest BCUT2D eigenvalue weighted by Crippen LogP contribution is 2.63. The van der Waals surface area contributed by atoms with Gasteiger partial charge in [0, 0.05) is 23.0 Å². The molecule has 0 unspecified atom stereocenters. The first-order valence-corrected chi connectivity index (χ1v) is 8.99. The summed E-state index contributed by atoms with van der Waals surface area (Å²) in [6.07, 6.45) is 5.15. The van der Waals surface area contributed by atoms with E-state index in [1.165, 1.54) is 0 Å². The van der Waals surface area contributed by atoms with Crippen molar-refractivity contribution in [3.63, 3.8) is 0 Å². The van der Waals surface area contributed by atoms with Gasteiger partial charge in [0.2, 0.25) is 0 Å². The monoisotopic (exact) mass is 344 g/mol. The van der Waals surface area contributed by atoms with E-state index in [9.17, 15) is 9.59 Å². The molecule has 2 aliphatic carbocycles. The number of aryl methyl sites for hydroxylation is 1. The van der Waals surface area contributed by atoms with E-state index in [2.05, 4.69) is 6.92 Å². The molecule has 1 aliphatic heterocycles. The van der Waals surface area contributed by atoms with Gasteiger partial charge in [0.05, 0.1) is 6.26 Å². The Morgan fingerprint density at radius 3 is 2.88 bits per heavy atom. The number of rotatable bonds is 2. The molecule has 0 bridgehead atoms. The Kier molecular flexibility index (Phi) is 3.60. The van der Waals surface area contributed by atoms with E-state index >= 15 is 0 Å². The maximum Gasteiger partial charge on any atom is 0.333 e. The van der Waals surface area contributed by atoms with Crippen LogP contribution in [0.15, 0.2) is 22.3 Å². The maximum atomic E-state index is 12.8. The number of furan rings is 1. The van der Waals surface area contributed by atoms with Gasteiger partial charge in [-0.2, -0.15) is 0 Å². The molecule has 0 amide bonds. The molecular weight excluding hydrogens is 320 g/mol. The summed E-state index contributed by atoms with van der Waals surface area (Å²) in [6.45, 7) is 7.64. The fourth-order valence-electron chi connectivity index (χ4n) is 5.01. The van der Waals surface area contributed by atoms with Crippen molar-refractivity contribution >= 4 is 11.9 Å². The lowest BCUT2D eigenvalue weighted by Crippen LogP contribution is -2.51. The molecule has 5 heteroatoms. The first-order chi connectivity index (χ1) is 11.9. The molecule has 2 heterocycles. The summed E-state index contributed by atoms with van der Waals surface area (Å²) in [6, 6.07) is 0. The highest BCUT2D eigenvalue weighted by Gasteiger charge is 2.66. The average Bonchev–Trinajstić information content (AvgIpc) is 3.07. The highest BCUT2D eigenvalue weighted by atomic mass is 16.6. The van der Waals surface area contributed by atoms with Crippen LogP contribution in [0.4, 0.5) is 0 Å². The number of hydrogen-bond donors (Lipinski definition) is 0. The molecule has 0 spiro atoms. The third kappa shape index (κ3) is 2.14. The van der Waals surface area contributed by atoms with Crippen molar-refractivity contribution in [2.75, 3.05) is 0 Å². The summed E-state index contributed by atoms with van der Waals surface area (Å²) in [5.74, 6) is 0.235. The minimum absolute atomic E-state index is 0.249. The maximum absolute atomic E-state index is 12.8. The predicted molar refractivity (Wildman–Crippen MR) is 89.6 cm³/mol. The summed E-state index contributed by atoms with van der Waals surface area (Å²) in [5.41, 5.74) is 2.25. The van der Waals surface area contributed by atoms with Gasteiger partial charge >= 0.3 is 11.9 Å². The zero-order valence-electron chi connectivity index (χ0n) is 15.1. The molecule has 134 valence electrons. The summed E-state index contributed by atoms with van der Waals surface area (Å²) in [7, 11) is 0. The van der Waals surface area contributed by atoms with Crippen LogP contribution < -0.4 is 0 Å². The van der Waals surface area contributed by atoms with Crippen molar-refractivity contribution in [1.82, 2.24) is 0 Å². The van der Waals surface area contributed by atoms with E-state index in [4.69, 9.17) is 13.9 Å². The summed E-state index contributed by atoms with van der Waals surface area (Å²) >= 11 is 0. The van der Waals surface area contributed by atoms with Crippen molar-refractivity contribution in [3.8, 4) is 0 Å². The second-order valence-corrected chi connectivity index (χ2v) is 7.81. The minimum atomic E-state index is -0.421. The topological polar surface area (TPSA) is 65.7 Å². The summed E-state index contributed by atoms with van der Waals surface area (Å²) in [4.78, 5) is 25.0. The number of esters is 2. The molecule has 0 radical (unpaired) electrons. The molecule has 5 atom stereocenters. The van der Waals surface area contributed by atoms with Crippen molar-refractivity contribution in [2.24, 2.45) is 17.3 Å². The van der Waals surface area contributed by atoms with Crippen LogP contribution in [0.25, 0.3) is 0 Å². The van der Waals surface area contributed by atoms with Gasteiger partial charge < -0.3 is 13.9 Å². The van der Waals surface area contributed by atoms with Crippen LogP contribution in [0.1, 0.15) is 56.6 Å². The minimum Gasteiger partial charge on any atom is -0.469 e. The average molecular weight is 344 g/mol. The molecule has 3 aliphatic rings. The molecule has 1 saturated heterocycles. The second-order valence-electron chi connectivity index (χ2n) is 7.81. The number of hydrogen-bond acceptors (Lipinski definition) is 5. The Morgan fingerprint density at radius 1 is 1.40 bits per heavy atom. The van der Waals surface area contributed by atoms with Crippen LogP contribution in [0.3, 0.4) is 0 Å². The Bertz CT molecular complexity index is 773. The van der Waals surface area contributed by atoms with Gasteiger partial charge in [-0.25, -0.2) is 4.79 Å². The largest absolute Gasteiger partial charge is 0.469 e. The van der Waals surface area contributed by atoms with Crippen LogP contribution in [-0.2, 0) is 25.5 Å². The molecule has 1 aromatic rings. The first-order valence-electron chi connectivity index (χ1n) is 8.99. The second kappa shape index (κ2) is 5.48. The lowest BCUT2D eigenvalue weighted by atomic mass is 9.54. The third-order valence-electron chi connectivity index (χ3n) is 6.58. The molecule has 5 nitrogen and oxygen atoms in total. The smallest absolute Gasteiger partial charge is 0.333 e. The number of fused-ring (bicyclic) bond motifs is 2. The highest BCUT2D eigenvalue weighted by molar-refractivity contribution is 5.88. The van der Waals surface area contributed by atoms with Crippen LogP contribution in [-0.4, -0.2) is 18.0 Å². The van der Waals surface area contributed by atoms with Crippen molar-refractivity contribution in [2.45, 2.75) is 59.2 Å². The van der Waals surface area contributed by atoms with E-state index in [-0.39, 0.29) is 23.5 Å². The quantitative estimate of drug-likeness (QED) is 0.605. The molecule has 1 saturated carbocycles. The Morgan fingerprint density at radius 2 is 2.16 bits per heavy atom. The number of carbonyl (C=O) groups excluding carboxylic acids is 2. The van der Waals surface area contributed by atoms with Crippen molar-refractivity contribution < 1.29 is 23.5 Å². The van der Waals surface area contributed by atoms with Gasteiger partial charge in [0.1, 0.15) is 23.9 Å². The number of ether oxygens (including phenoxy) is 2. The summed E-state index contributed by atoms with van der Waals surface area (Å²) in [5, 5.41) is 0. The Balaban J connectivity index is 1.71. The van der Waals surface area contributed by atoms with E-state index < -0.39 is 12.0 Å². The fraction of sp³-hybridized carbons (Fsp3) is 0.600. The van der Waals surface area contributed by atoms with Crippen molar-refractivity contribution in [3.05, 3.63) is 34.8 Å². The van der Waals surface area contributed by atoms with Gasteiger partial charge in [-0.1, -0.05) is 13.0 Å². The van der Waals surface area contributed by atoms with Gasteiger partial charge in [-0.05, 0) is 45.1 Å². The fourth-order valence-corrected chi connectivity index (χ4v) is 5.01. The SMILES string of the molecule is C/C=C(\C)C(=O)O[C@H]1CC[C@@H]2Cc3occ(C)c3[C@@H]3OC(=O)[C@@H]1[C@]23C. The van der Waals surface area contributed by atoms with Crippen molar-refractivity contribution in [1.29, 1.82) is 0 Å². The van der Waals surface area contributed by atoms with Crippen LogP contribution in [0.2, 0.25) is 0 Å². The molecular formula is C20H24O5. The molecule has 0 N–H and O–H groups in total. The Hall–Kier alpha value is -2.04. The third-order valence-corrected chi connectivity index (χ3v) is 6.58. The van der Waals surface area contributed by atoms with E-state index in [0.717, 1.165) is 29.7 Å². The molecule has 0 aromatic carbocycles. The lowest BCUT2D eigenvalue weighted by Gasteiger charge is -2.48. The van der Waals surface area contributed by atoms with Crippen LogP contribution in [0.5, 0.6) is 0 Å². The number of allylic oxidation sites excluding steroid dienone is 1. The molecule has 2 fully saturated rings. The standard InChI is InChI=1S/C20H24O5/c1-5-10(2)18(21)24-13-7-6-12-8-14-15(11(3)9-23-14)17-20(12,4)16(13)19(22)25-17/h5,9,12-13,16-17H,6-8H2,1-4H3/b10-5+/t12-,13+,16-,17+,20+/m1/s1. The van der Waals surface area contributed by atoms with Crippen LogP contribution in [0, 0.1) is 24.2 Å². The summed E-state index contributed by atoms with van der Waals surface area (Å²) < 4.78 is 17.3. The van der Waals surface area contributed by atoms with E-state index in [1.54, 1.807) is 26.2 Å². The molecule has 1 aromatic heterocycles. The zero-order valence-corrected chi connectivity index (χ0v) is 15.1. The normalized spacial score (nSPS) is 36.5. The van der Waals surface area contributed by atoms with Gasteiger partial charge in [0.15, 0.2) is 0 Å². The lowest BCUT2D eigenvalue weighted by molar-refractivity contribution is -0.159. The van der Waals surface area contributed by atoms with Gasteiger partial charge in [-0.15, -0.1) is 0 Å². The first kappa shape index (κ1) is 16.4. The zero-order chi connectivity index (χ0) is 17.9. The Labute approximate surface area is 147 Å². The van der Waals surface area contributed by atoms with Crippen LogP contribution >= 0.6 is 0 Å². The predicted octanol–water partition coefficient (Wildman–Crippen LogP) is 3.65. The van der Waals surface area contributed by atoms with Gasteiger partial charge in [-0.3, -0.25) is 4.79 Å². The molecule has 4 rings (SSSR count). The van der Waals surface area contributed by atoms with E-state index in [0.29, 0.717) is 17.9 Å². The van der Waals surface area contributed by atoms with Gasteiger partial charge in [0.25, 0.3) is 0 Å². The van der Waals surface area contributed by atoms with E-state index in [1.807, 2.05) is 6.92 Å².